The van der Waals surface area contributed by atoms with Gasteiger partial charge in [-0.25, -0.2) is 8.78 Å². The lowest BCUT2D eigenvalue weighted by Gasteiger charge is -2.34. The Morgan fingerprint density at radius 3 is 2.68 bits per heavy atom. The molecule has 1 atom stereocenters. The van der Waals surface area contributed by atoms with Crippen molar-refractivity contribution in [2.75, 3.05) is 19.6 Å². The van der Waals surface area contributed by atoms with Crippen LogP contribution >= 0.6 is 12.4 Å². The molecule has 0 spiro atoms. The molecule has 1 aromatic rings. The zero-order chi connectivity index (χ0) is 13.3. The van der Waals surface area contributed by atoms with Gasteiger partial charge >= 0.3 is 0 Å². The molecular formula is C13H17ClF2N2O. The van der Waals surface area contributed by atoms with Crippen molar-refractivity contribution in [1.29, 1.82) is 0 Å². The highest BCUT2D eigenvalue weighted by Gasteiger charge is 2.26. The Labute approximate surface area is 117 Å². The number of hydrogen-bond donors (Lipinski definition) is 1. The molecule has 1 fully saturated rings. The van der Waals surface area contributed by atoms with E-state index in [2.05, 4.69) is 5.32 Å². The number of rotatable bonds is 1. The van der Waals surface area contributed by atoms with E-state index >= 15 is 0 Å². The van der Waals surface area contributed by atoms with Crippen molar-refractivity contribution >= 4 is 18.3 Å². The maximum atomic E-state index is 13.7. The second-order valence-electron chi connectivity index (χ2n) is 4.63. The second-order valence-corrected chi connectivity index (χ2v) is 4.63. The zero-order valence-electron chi connectivity index (χ0n) is 10.9. The number of nitrogens with zero attached hydrogens (tertiary/aromatic N) is 1. The number of amides is 1. The summed E-state index contributed by atoms with van der Waals surface area (Å²) >= 11 is 0. The van der Waals surface area contributed by atoms with E-state index in [1.807, 2.05) is 6.92 Å². The van der Waals surface area contributed by atoms with Crippen LogP contribution in [0, 0.1) is 18.6 Å². The summed E-state index contributed by atoms with van der Waals surface area (Å²) in [5, 5.41) is 3.16. The van der Waals surface area contributed by atoms with Gasteiger partial charge < -0.3 is 10.2 Å². The Bertz CT molecular complexity index is 482. The van der Waals surface area contributed by atoms with Crippen LogP contribution in [0.4, 0.5) is 8.78 Å². The Kier molecular flexibility index (Phi) is 5.26. The third kappa shape index (κ3) is 3.22. The molecule has 1 N–H and O–H groups in total. The zero-order valence-corrected chi connectivity index (χ0v) is 11.7. The Morgan fingerprint density at radius 2 is 2.05 bits per heavy atom. The molecule has 0 aromatic heterocycles. The van der Waals surface area contributed by atoms with Crippen molar-refractivity contribution in [3.63, 3.8) is 0 Å². The summed E-state index contributed by atoms with van der Waals surface area (Å²) in [6, 6.07) is 2.06. The van der Waals surface area contributed by atoms with Crippen molar-refractivity contribution in [3.8, 4) is 0 Å². The van der Waals surface area contributed by atoms with E-state index in [-0.39, 0.29) is 35.5 Å². The minimum Gasteiger partial charge on any atom is -0.333 e. The van der Waals surface area contributed by atoms with Crippen molar-refractivity contribution in [2.45, 2.75) is 19.9 Å². The van der Waals surface area contributed by atoms with Crippen LogP contribution in [0.25, 0.3) is 0 Å². The molecule has 19 heavy (non-hydrogen) atoms. The molecule has 0 aliphatic carbocycles. The number of carbonyl (C=O) groups is 1. The third-order valence-electron chi connectivity index (χ3n) is 3.24. The highest BCUT2D eigenvalue weighted by molar-refractivity contribution is 5.95. The number of aryl methyl sites for hydroxylation is 1. The second kappa shape index (κ2) is 6.30. The molecule has 1 amide bonds. The third-order valence-corrected chi connectivity index (χ3v) is 3.24. The van der Waals surface area contributed by atoms with Gasteiger partial charge in [-0.15, -0.1) is 12.4 Å². The van der Waals surface area contributed by atoms with Crippen molar-refractivity contribution in [3.05, 3.63) is 34.9 Å². The van der Waals surface area contributed by atoms with Crippen molar-refractivity contribution in [2.24, 2.45) is 0 Å². The largest absolute Gasteiger partial charge is 0.333 e. The Hall–Kier alpha value is -1.20. The summed E-state index contributed by atoms with van der Waals surface area (Å²) in [6.45, 7) is 5.34. The smallest absolute Gasteiger partial charge is 0.257 e. The SMILES string of the molecule is Cc1cc(C(=O)N2CCNCC2C)c(F)cc1F.Cl. The van der Waals surface area contributed by atoms with E-state index in [9.17, 15) is 13.6 Å². The number of nitrogens with one attached hydrogen (secondary N) is 1. The maximum Gasteiger partial charge on any atom is 0.257 e. The summed E-state index contributed by atoms with van der Waals surface area (Å²) in [5.74, 6) is -1.80. The standard InChI is InChI=1S/C13H16F2N2O.ClH/c1-8-5-10(12(15)6-11(8)14)13(18)17-4-3-16-7-9(17)2;/h5-6,9,16H,3-4,7H2,1-2H3;1H. The monoisotopic (exact) mass is 290 g/mol. The van der Waals surface area contributed by atoms with Gasteiger partial charge in [0.05, 0.1) is 5.56 Å². The summed E-state index contributed by atoms with van der Waals surface area (Å²) in [7, 11) is 0. The van der Waals surface area contributed by atoms with E-state index in [4.69, 9.17) is 0 Å². The van der Waals surface area contributed by atoms with E-state index in [0.717, 1.165) is 6.07 Å². The van der Waals surface area contributed by atoms with E-state index < -0.39 is 11.6 Å². The van der Waals surface area contributed by atoms with Gasteiger partial charge in [0.1, 0.15) is 11.6 Å². The molecule has 1 heterocycles. The van der Waals surface area contributed by atoms with Crippen LogP contribution in [0.5, 0.6) is 0 Å². The number of halogens is 3. The quantitative estimate of drug-likeness (QED) is 0.859. The first-order valence-electron chi connectivity index (χ1n) is 5.98. The predicted octanol–water partition coefficient (Wildman–Crippen LogP) is 2.13. The summed E-state index contributed by atoms with van der Waals surface area (Å²) < 4.78 is 26.8. The molecule has 6 heteroatoms. The molecule has 1 aliphatic heterocycles. The first-order valence-corrected chi connectivity index (χ1v) is 5.98. The molecule has 0 radical (unpaired) electrons. The maximum absolute atomic E-state index is 13.7. The molecule has 1 unspecified atom stereocenters. The normalized spacial score (nSPS) is 18.9. The topological polar surface area (TPSA) is 32.3 Å². The molecule has 3 nitrogen and oxygen atoms in total. The number of benzene rings is 1. The van der Waals surface area contributed by atoms with E-state index in [1.165, 1.54) is 13.0 Å². The van der Waals surface area contributed by atoms with Crippen LogP contribution in [0.15, 0.2) is 12.1 Å². The molecule has 106 valence electrons. The molecule has 1 aliphatic rings. The van der Waals surface area contributed by atoms with Crippen LogP contribution in [0.1, 0.15) is 22.8 Å². The van der Waals surface area contributed by atoms with Gasteiger partial charge in [0.15, 0.2) is 0 Å². The lowest BCUT2D eigenvalue weighted by molar-refractivity contribution is 0.0650. The Balaban J connectivity index is 0.00000180. The lowest BCUT2D eigenvalue weighted by Crippen LogP contribution is -2.52. The van der Waals surface area contributed by atoms with Gasteiger partial charge in [0, 0.05) is 31.7 Å². The number of hydrogen-bond acceptors (Lipinski definition) is 2. The summed E-state index contributed by atoms with van der Waals surface area (Å²) in [4.78, 5) is 13.8. The molecule has 0 saturated carbocycles. The average molecular weight is 291 g/mol. The van der Waals surface area contributed by atoms with Gasteiger partial charge in [-0.1, -0.05) is 0 Å². The highest BCUT2D eigenvalue weighted by Crippen LogP contribution is 2.17. The van der Waals surface area contributed by atoms with E-state index in [0.29, 0.717) is 19.6 Å². The minimum absolute atomic E-state index is 0. The lowest BCUT2D eigenvalue weighted by atomic mass is 10.1. The van der Waals surface area contributed by atoms with Gasteiger partial charge in [0.2, 0.25) is 0 Å². The van der Waals surface area contributed by atoms with Crippen LogP contribution in [-0.2, 0) is 0 Å². The minimum atomic E-state index is -0.797. The van der Waals surface area contributed by atoms with Gasteiger partial charge in [-0.05, 0) is 25.5 Å². The first-order chi connectivity index (χ1) is 8.50. The summed E-state index contributed by atoms with van der Waals surface area (Å²) in [5.41, 5.74) is 0.227. The molecule has 1 aromatic carbocycles. The molecule has 1 saturated heterocycles. The predicted molar refractivity (Wildman–Crippen MR) is 71.7 cm³/mol. The molecule has 2 rings (SSSR count). The molecular weight excluding hydrogens is 274 g/mol. The van der Waals surface area contributed by atoms with Gasteiger partial charge in [-0.2, -0.15) is 0 Å². The van der Waals surface area contributed by atoms with Gasteiger partial charge in [0.25, 0.3) is 5.91 Å². The van der Waals surface area contributed by atoms with Crippen LogP contribution in [-0.4, -0.2) is 36.5 Å². The summed E-state index contributed by atoms with van der Waals surface area (Å²) in [6.07, 6.45) is 0. The fourth-order valence-corrected chi connectivity index (χ4v) is 2.12. The number of piperazine rings is 1. The number of carbonyl (C=O) groups excluding carboxylic acids is 1. The van der Waals surface area contributed by atoms with Crippen LogP contribution in [0.2, 0.25) is 0 Å². The van der Waals surface area contributed by atoms with E-state index in [1.54, 1.807) is 4.90 Å². The van der Waals surface area contributed by atoms with Gasteiger partial charge in [-0.3, -0.25) is 4.79 Å². The van der Waals surface area contributed by atoms with Crippen LogP contribution < -0.4 is 5.32 Å². The first kappa shape index (κ1) is 15.9. The fraction of sp³-hybridized carbons (Fsp3) is 0.462. The Morgan fingerprint density at radius 1 is 1.37 bits per heavy atom. The fourth-order valence-electron chi connectivity index (χ4n) is 2.12. The van der Waals surface area contributed by atoms with Crippen molar-refractivity contribution < 1.29 is 13.6 Å². The molecule has 0 bridgehead atoms. The van der Waals surface area contributed by atoms with Crippen LogP contribution in [0.3, 0.4) is 0 Å². The van der Waals surface area contributed by atoms with Crippen molar-refractivity contribution in [1.82, 2.24) is 10.2 Å². The highest BCUT2D eigenvalue weighted by atomic mass is 35.5. The average Bonchev–Trinajstić information content (AvgIpc) is 2.33.